The topological polar surface area (TPSA) is 60.8 Å². The number of carboxylic acid groups (broad SMARTS) is 1. The fraction of sp³-hybridized carbons (Fsp3) is 0.389. The molecule has 24 heavy (non-hydrogen) atoms. The Balaban J connectivity index is 1.53. The minimum atomic E-state index is -0.890. The summed E-state index contributed by atoms with van der Waals surface area (Å²) in [6, 6.07) is 7.78. The Morgan fingerprint density at radius 3 is 2.54 bits per heavy atom. The van der Waals surface area contributed by atoms with E-state index >= 15 is 0 Å². The van der Waals surface area contributed by atoms with Gasteiger partial charge in [0.25, 0.3) is 0 Å². The first-order valence-electron chi connectivity index (χ1n) is 7.99. The molecule has 2 aromatic rings. The van der Waals surface area contributed by atoms with Gasteiger partial charge in [0, 0.05) is 16.8 Å². The fourth-order valence-electron chi connectivity index (χ4n) is 3.16. The van der Waals surface area contributed by atoms with Crippen molar-refractivity contribution in [3.05, 3.63) is 57.5 Å². The third-order valence-corrected chi connectivity index (χ3v) is 5.49. The van der Waals surface area contributed by atoms with Crippen molar-refractivity contribution in [2.75, 3.05) is 13.1 Å². The normalized spacial score (nSPS) is 17.8. The molecule has 0 bridgehead atoms. The van der Waals surface area contributed by atoms with Crippen LogP contribution in [-0.2, 0) is 6.54 Å². The number of carbonyl (C=O) groups is 1. The molecule has 0 saturated carbocycles. The van der Waals surface area contributed by atoms with E-state index in [1.54, 1.807) is 23.6 Å². The maximum Gasteiger partial charge on any atom is 0.336 e. The van der Waals surface area contributed by atoms with Crippen LogP contribution in [0.2, 0.25) is 0 Å². The number of benzene rings is 1. The van der Waals surface area contributed by atoms with Crippen molar-refractivity contribution in [2.45, 2.75) is 25.5 Å². The van der Waals surface area contributed by atoms with E-state index in [4.69, 9.17) is 5.11 Å². The Bertz CT molecular complexity index is 693. The van der Waals surface area contributed by atoms with Crippen molar-refractivity contribution in [1.82, 2.24) is 4.90 Å². The fourth-order valence-corrected chi connectivity index (χ4v) is 4.05. The minimum Gasteiger partial charge on any atom is -0.478 e. The van der Waals surface area contributed by atoms with Crippen LogP contribution in [0.4, 0.5) is 4.39 Å². The van der Waals surface area contributed by atoms with Crippen LogP contribution in [0.3, 0.4) is 0 Å². The van der Waals surface area contributed by atoms with Gasteiger partial charge in [0.05, 0.1) is 11.7 Å². The van der Waals surface area contributed by atoms with E-state index < -0.39 is 12.1 Å². The van der Waals surface area contributed by atoms with E-state index in [1.165, 1.54) is 23.5 Å². The summed E-state index contributed by atoms with van der Waals surface area (Å²) in [5.74, 6) is -1.01. The van der Waals surface area contributed by atoms with Crippen LogP contribution in [0, 0.1) is 11.7 Å². The lowest BCUT2D eigenvalue weighted by Gasteiger charge is -2.34. The standard InChI is InChI=1S/C18H20FNO3S/c19-15-3-1-12(2-4-15)17(21)13-5-7-20(8-6-13)10-16-9-14(11-24-16)18(22)23/h1-4,9,11,13,17,21H,5-8,10H2,(H,22,23). The summed E-state index contributed by atoms with van der Waals surface area (Å²) in [4.78, 5) is 14.3. The highest BCUT2D eigenvalue weighted by atomic mass is 32.1. The van der Waals surface area contributed by atoms with Gasteiger partial charge in [-0.3, -0.25) is 4.90 Å². The number of nitrogens with zero attached hydrogens (tertiary/aromatic N) is 1. The van der Waals surface area contributed by atoms with Gasteiger partial charge in [0.2, 0.25) is 0 Å². The second-order valence-electron chi connectivity index (χ2n) is 6.22. The molecule has 0 radical (unpaired) electrons. The van der Waals surface area contributed by atoms with E-state index in [-0.39, 0.29) is 11.7 Å². The summed E-state index contributed by atoms with van der Waals surface area (Å²) >= 11 is 1.47. The Morgan fingerprint density at radius 1 is 1.29 bits per heavy atom. The summed E-state index contributed by atoms with van der Waals surface area (Å²) < 4.78 is 13.0. The van der Waals surface area contributed by atoms with Crippen LogP contribution in [0.25, 0.3) is 0 Å². The molecule has 1 aliphatic rings. The molecule has 2 N–H and O–H groups in total. The monoisotopic (exact) mass is 349 g/mol. The molecule has 128 valence electrons. The Morgan fingerprint density at radius 2 is 1.96 bits per heavy atom. The van der Waals surface area contributed by atoms with Crippen molar-refractivity contribution in [3.63, 3.8) is 0 Å². The summed E-state index contributed by atoms with van der Waals surface area (Å²) in [6.45, 7) is 2.48. The zero-order valence-corrected chi connectivity index (χ0v) is 14.0. The lowest BCUT2D eigenvalue weighted by Crippen LogP contribution is -2.35. The second kappa shape index (κ2) is 7.42. The highest BCUT2D eigenvalue weighted by Crippen LogP contribution is 2.31. The smallest absolute Gasteiger partial charge is 0.336 e. The summed E-state index contributed by atoms with van der Waals surface area (Å²) in [7, 11) is 0. The van der Waals surface area contributed by atoms with Crippen molar-refractivity contribution in [3.8, 4) is 0 Å². The SMILES string of the molecule is O=C(O)c1csc(CN2CCC(C(O)c3ccc(F)cc3)CC2)c1. The van der Waals surface area contributed by atoms with Crippen LogP contribution < -0.4 is 0 Å². The average molecular weight is 349 g/mol. The van der Waals surface area contributed by atoms with Crippen LogP contribution in [0.1, 0.15) is 39.7 Å². The molecular formula is C18H20FNO3S. The van der Waals surface area contributed by atoms with Gasteiger partial charge in [-0.2, -0.15) is 0 Å². The zero-order valence-electron chi connectivity index (χ0n) is 13.2. The van der Waals surface area contributed by atoms with Crippen LogP contribution in [-0.4, -0.2) is 34.2 Å². The molecule has 1 unspecified atom stereocenters. The van der Waals surface area contributed by atoms with Crippen molar-refractivity contribution < 1.29 is 19.4 Å². The van der Waals surface area contributed by atoms with E-state index in [0.29, 0.717) is 5.56 Å². The predicted octanol–water partition coefficient (Wildman–Crippen LogP) is 3.53. The summed E-state index contributed by atoms with van der Waals surface area (Å²) in [5.41, 5.74) is 1.11. The first-order chi connectivity index (χ1) is 11.5. The molecule has 1 aliphatic heterocycles. The van der Waals surface area contributed by atoms with Gasteiger partial charge in [0.15, 0.2) is 0 Å². The van der Waals surface area contributed by atoms with Crippen LogP contribution in [0.5, 0.6) is 0 Å². The largest absolute Gasteiger partial charge is 0.478 e. The molecule has 1 fully saturated rings. The first kappa shape index (κ1) is 17.1. The summed E-state index contributed by atoms with van der Waals surface area (Å²) in [6.07, 6.45) is 1.18. The highest BCUT2D eigenvalue weighted by molar-refractivity contribution is 7.10. The molecule has 1 saturated heterocycles. The van der Waals surface area contributed by atoms with Crippen molar-refractivity contribution in [1.29, 1.82) is 0 Å². The number of carboxylic acids is 1. The quantitative estimate of drug-likeness (QED) is 0.867. The molecule has 0 amide bonds. The van der Waals surface area contributed by atoms with Gasteiger partial charge in [-0.1, -0.05) is 12.1 Å². The van der Waals surface area contributed by atoms with E-state index in [2.05, 4.69) is 4.90 Å². The highest BCUT2D eigenvalue weighted by Gasteiger charge is 2.26. The number of aliphatic hydroxyl groups is 1. The lowest BCUT2D eigenvalue weighted by atomic mass is 9.87. The molecule has 0 spiro atoms. The third-order valence-electron chi connectivity index (χ3n) is 4.57. The predicted molar refractivity (Wildman–Crippen MR) is 90.6 cm³/mol. The molecule has 3 rings (SSSR count). The maximum atomic E-state index is 13.0. The number of likely N-dealkylation sites (tertiary alicyclic amines) is 1. The molecule has 1 aromatic heterocycles. The first-order valence-corrected chi connectivity index (χ1v) is 8.87. The van der Waals surface area contributed by atoms with Gasteiger partial charge >= 0.3 is 5.97 Å². The number of aliphatic hydroxyl groups excluding tert-OH is 1. The minimum absolute atomic E-state index is 0.171. The molecule has 1 atom stereocenters. The molecule has 6 heteroatoms. The van der Waals surface area contributed by atoms with Gasteiger partial charge in [-0.15, -0.1) is 11.3 Å². The molecule has 4 nitrogen and oxygen atoms in total. The number of rotatable bonds is 5. The molecule has 2 heterocycles. The van der Waals surface area contributed by atoms with Gasteiger partial charge in [-0.25, -0.2) is 9.18 Å². The Hall–Kier alpha value is -1.76. The number of aromatic carboxylic acids is 1. The van der Waals surface area contributed by atoms with E-state index in [1.807, 2.05) is 0 Å². The second-order valence-corrected chi connectivity index (χ2v) is 7.21. The van der Waals surface area contributed by atoms with Crippen LogP contribution >= 0.6 is 11.3 Å². The van der Waals surface area contributed by atoms with Crippen molar-refractivity contribution in [2.24, 2.45) is 5.92 Å². The number of thiophene rings is 1. The van der Waals surface area contributed by atoms with E-state index in [0.717, 1.165) is 42.9 Å². The zero-order chi connectivity index (χ0) is 17.1. The number of halogens is 1. The lowest BCUT2D eigenvalue weighted by molar-refractivity contribution is 0.0569. The average Bonchev–Trinajstić information content (AvgIpc) is 3.04. The van der Waals surface area contributed by atoms with Gasteiger partial charge in [0.1, 0.15) is 5.82 Å². The maximum absolute atomic E-state index is 13.0. The third kappa shape index (κ3) is 4.01. The Kier molecular flexibility index (Phi) is 5.28. The number of piperidine rings is 1. The molecule has 0 aliphatic carbocycles. The van der Waals surface area contributed by atoms with Crippen LogP contribution in [0.15, 0.2) is 35.7 Å². The van der Waals surface area contributed by atoms with Crippen molar-refractivity contribution >= 4 is 17.3 Å². The van der Waals surface area contributed by atoms with Gasteiger partial charge < -0.3 is 10.2 Å². The van der Waals surface area contributed by atoms with E-state index in [9.17, 15) is 14.3 Å². The van der Waals surface area contributed by atoms with Gasteiger partial charge in [-0.05, 0) is 55.6 Å². The summed E-state index contributed by atoms with van der Waals surface area (Å²) in [5, 5.41) is 21.1. The molecule has 1 aromatic carbocycles. The number of hydrogen-bond acceptors (Lipinski definition) is 4. The number of hydrogen-bond donors (Lipinski definition) is 2. The Labute approximate surface area is 144 Å². The molecular weight excluding hydrogens is 329 g/mol.